The fourth-order valence-electron chi connectivity index (χ4n) is 1.80. The number of nitrogen functional groups attached to an aromatic ring is 1. The van der Waals surface area contributed by atoms with Gasteiger partial charge in [0.05, 0.1) is 12.8 Å². The molecule has 0 saturated carbocycles. The van der Waals surface area contributed by atoms with Crippen LogP contribution < -0.4 is 15.2 Å². The van der Waals surface area contributed by atoms with E-state index in [-0.39, 0.29) is 16.4 Å². The maximum atomic E-state index is 12.4. The number of anilines is 2. The summed E-state index contributed by atoms with van der Waals surface area (Å²) < 4.78 is 33.6. The third-order valence-corrected chi connectivity index (χ3v) is 4.63. The van der Waals surface area contributed by atoms with Crippen LogP contribution in [0.25, 0.3) is 0 Å². The highest BCUT2D eigenvalue weighted by molar-refractivity contribution is 7.92. The fraction of sp³-hybridized carbons (Fsp3) is 0.250. The molecule has 1 heterocycles. The van der Waals surface area contributed by atoms with Crippen LogP contribution in [0.1, 0.15) is 5.56 Å². The second kappa shape index (κ2) is 5.45. The maximum absolute atomic E-state index is 12.4. The summed E-state index contributed by atoms with van der Waals surface area (Å²) in [7, 11) is -0.853. The molecule has 1 aromatic heterocycles. The first-order valence-electron chi connectivity index (χ1n) is 5.90. The molecule has 0 bridgehead atoms. The Morgan fingerprint density at radius 1 is 1.43 bits per heavy atom. The van der Waals surface area contributed by atoms with Gasteiger partial charge in [-0.05, 0) is 18.6 Å². The quantitative estimate of drug-likeness (QED) is 0.890. The van der Waals surface area contributed by atoms with Crippen molar-refractivity contribution in [2.75, 3.05) is 17.6 Å². The molecule has 0 amide bonds. The number of nitrogens with two attached hydrogens (primary N) is 1. The van der Waals surface area contributed by atoms with E-state index in [2.05, 4.69) is 9.82 Å². The molecule has 2 rings (SSSR count). The number of ether oxygens (including phenoxy) is 1. The lowest BCUT2D eigenvalue weighted by molar-refractivity contribution is 0.417. The number of nitrogens with zero attached hydrogens (tertiary/aromatic N) is 2. The van der Waals surface area contributed by atoms with Crippen molar-refractivity contribution >= 4 is 33.1 Å². The van der Waals surface area contributed by atoms with E-state index in [0.29, 0.717) is 16.3 Å². The number of rotatable bonds is 4. The van der Waals surface area contributed by atoms with Crippen molar-refractivity contribution in [1.82, 2.24) is 9.78 Å². The van der Waals surface area contributed by atoms with Gasteiger partial charge >= 0.3 is 0 Å². The first-order valence-corrected chi connectivity index (χ1v) is 7.77. The van der Waals surface area contributed by atoms with Crippen LogP contribution in [-0.2, 0) is 17.1 Å². The molecule has 21 heavy (non-hydrogen) atoms. The molecule has 7 nitrogen and oxygen atoms in total. The largest absolute Gasteiger partial charge is 0.495 e. The number of benzene rings is 1. The number of hydrogen-bond donors (Lipinski definition) is 2. The van der Waals surface area contributed by atoms with Gasteiger partial charge in [-0.2, -0.15) is 5.10 Å². The third kappa shape index (κ3) is 3.06. The Morgan fingerprint density at radius 2 is 2.10 bits per heavy atom. The Balaban J connectivity index is 2.46. The molecule has 3 N–H and O–H groups in total. The molecule has 0 saturated heterocycles. The highest BCUT2D eigenvalue weighted by Crippen LogP contribution is 2.32. The van der Waals surface area contributed by atoms with Gasteiger partial charge in [0.15, 0.2) is 5.82 Å². The van der Waals surface area contributed by atoms with E-state index in [0.717, 1.165) is 0 Å². The van der Waals surface area contributed by atoms with E-state index >= 15 is 0 Å². The van der Waals surface area contributed by atoms with Gasteiger partial charge in [-0.15, -0.1) is 0 Å². The second-order valence-corrected chi connectivity index (χ2v) is 6.52. The Labute approximate surface area is 127 Å². The molecular formula is C12H15ClN4O3S. The zero-order valence-corrected chi connectivity index (χ0v) is 13.3. The Bertz CT molecular complexity index is 786. The van der Waals surface area contributed by atoms with Crippen LogP contribution >= 0.6 is 11.6 Å². The standard InChI is InChI=1S/C12H15ClN4O3S/c1-7-4-9(10(20-3)5-8(7)13)16-21(18,19)11-6-17(2)15-12(11)14/h4-6,16H,1-3H3,(H2,14,15). The minimum Gasteiger partial charge on any atom is -0.495 e. The van der Waals surface area contributed by atoms with E-state index in [1.54, 1.807) is 26.1 Å². The normalized spacial score (nSPS) is 11.4. The van der Waals surface area contributed by atoms with Crippen molar-refractivity contribution in [3.8, 4) is 5.75 Å². The SMILES string of the molecule is COc1cc(Cl)c(C)cc1NS(=O)(=O)c1cn(C)nc1N. The average Bonchev–Trinajstić information content (AvgIpc) is 2.73. The molecule has 0 spiro atoms. The summed E-state index contributed by atoms with van der Waals surface area (Å²) in [5.74, 6) is 0.242. The number of halogens is 1. The predicted molar refractivity (Wildman–Crippen MR) is 81.2 cm³/mol. The Hall–Kier alpha value is -1.93. The monoisotopic (exact) mass is 330 g/mol. The van der Waals surface area contributed by atoms with E-state index < -0.39 is 10.0 Å². The van der Waals surface area contributed by atoms with Crippen molar-refractivity contribution < 1.29 is 13.2 Å². The summed E-state index contributed by atoms with van der Waals surface area (Å²) >= 11 is 5.99. The van der Waals surface area contributed by atoms with Crippen molar-refractivity contribution in [2.24, 2.45) is 7.05 Å². The van der Waals surface area contributed by atoms with Crippen LogP contribution in [0.15, 0.2) is 23.2 Å². The summed E-state index contributed by atoms with van der Waals surface area (Å²) in [6, 6.07) is 3.13. The van der Waals surface area contributed by atoms with Crippen molar-refractivity contribution in [2.45, 2.75) is 11.8 Å². The molecule has 9 heteroatoms. The second-order valence-electron chi connectivity index (χ2n) is 4.46. The molecule has 0 unspecified atom stereocenters. The minimum absolute atomic E-state index is 0.0744. The molecular weight excluding hydrogens is 316 g/mol. The lowest BCUT2D eigenvalue weighted by Gasteiger charge is -2.13. The van der Waals surface area contributed by atoms with Gasteiger partial charge in [-0.25, -0.2) is 8.42 Å². The van der Waals surface area contributed by atoms with Crippen LogP contribution in [0.5, 0.6) is 5.75 Å². The highest BCUT2D eigenvalue weighted by Gasteiger charge is 2.22. The predicted octanol–water partition coefficient (Wildman–Crippen LogP) is 1.77. The van der Waals surface area contributed by atoms with Gasteiger partial charge < -0.3 is 10.5 Å². The molecule has 0 radical (unpaired) electrons. The van der Waals surface area contributed by atoms with E-state index in [1.807, 2.05) is 0 Å². The maximum Gasteiger partial charge on any atom is 0.267 e. The molecule has 0 fully saturated rings. The number of nitrogens with one attached hydrogen (secondary N) is 1. The summed E-state index contributed by atoms with van der Waals surface area (Å²) in [6.07, 6.45) is 1.33. The molecule has 1 aromatic carbocycles. The Kier molecular flexibility index (Phi) is 4.02. The lowest BCUT2D eigenvalue weighted by Crippen LogP contribution is -2.14. The van der Waals surface area contributed by atoms with Crippen molar-refractivity contribution in [3.05, 3.63) is 28.9 Å². The summed E-state index contributed by atoms with van der Waals surface area (Å²) in [4.78, 5) is -0.0975. The number of sulfonamides is 1. The zero-order valence-electron chi connectivity index (χ0n) is 11.7. The summed E-state index contributed by atoms with van der Waals surface area (Å²) in [5, 5.41) is 4.30. The summed E-state index contributed by atoms with van der Waals surface area (Å²) in [6.45, 7) is 1.76. The molecule has 2 aromatic rings. The van der Waals surface area contributed by atoms with E-state index in [1.165, 1.54) is 18.0 Å². The summed E-state index contributed by atoms with van der Waals surface area (Å²) in [5.41, 5.74) is 6.60. The molecule has 114 valence electrons. The molecule has 0 aliphatic heterocycles. The minimum atomic E-state index is -3.87. The first kappa shape index (κ1) is 15.5. The highest BCUT2D eigenvalue weighted by atomic mass is 35.5. The molecule has 0 aliphatic rings. The van der Waals surface area contributed by atoms with E-state index in [4.69, 9.17) is 22.1 Å². The van der Waals surface area contributed by atoms with Gasteiger partial charge in [0.25, 0.3) is 10.0 Å². The van der Waals surface area contributed by atoms with Gasteiger partial charge in [0.2, 0.25) is 0 Å². The third-order valence-electron chi connectivity index (χ3n) is 2.84. The van der Waals surface area contributed by atoms with Crippen LogP contribution in [0.2, 0.25) is 5.02 Å². The van der Waals surface area contributed by atoms with Gasteiger partial charge in [0.1, 0.15) is 10.6 Å². The van der Waals surface area contributed by atoms with Gasteiger partial charge in [-0.3, -0.25) is 9.40 Å². The van der Waals surface area contributed by atoms with Gasteiger partial charge in [0, 0.05) is 24.3 Å². The number of aryl methyl sites for hydroxylation is 2. The topological polar surface area (TPSA) is 99.2 Å². The van der Waals surface area contributed by atoms with Crippen molar-refractivity contribution in [3.63, 3.8) is 0 Å². The van der Waals surface area contributed by atoms with Crippen LogP contribution in [-0.4, -0.2) is 25.3 Å². The number of hydrogen-bond acceptors (Lipinski definition) is 5. The number of aromatic nitrogens is 2. The Morgan fingerprint density at radius 3 is 2.62 bits per heavy atom. The van der Waals surface area contributed by atoms with Crippen LogP contribution in [0.4, 0.5) is 11.5 Å². The molecule has 0 aliphatic carbocycles. The zero-order chi connectivity index (χ0) is 15.8. The average molecular weight is 331 g/mol. The fourth-order valence-corrected chi connectivity index (χ4v) is 3.12. The van der Waals surface area contributed by atoms with Crippen LogP contribution in [0, 0.1) is 6.92 Å². The van der Waals surface area contributed by atoms with Crippen LogP contribution in [0.3, 0.4) is 0 Å². The molecule has 0 atom stereocenters. The van der Waals surface area contributed by atoms with E-state index in [9.17, 15) is 8.42 Å². The van der Waals surface area contributed by atoms with Gasteiger partial charge in [-0.1, -0.05) is 11.6 Å². The number of methoxy groups -OCH3 is 1. The smallest absolute Gasteiger partial charge is 0.267 e. The van der Waals surface area contributed by atoms with Crippen molar-refractivity contribution in [1.29, 1.82) is 0 Å². The lowest BCUT2D eigenvalue weighted by atomic mass is 10.2. The first-order chi connectivity index (χ1) is 9.74.